The molecule has 0 heterocycles. The summed E-state index contributed by atoms with van der Waals surface area (Å²) in [7, 11) is 0. The monoisotopic (exact) mass is 266 g/mol. The van der Waals surface area contributed by atoms with E-state index in [2.05, 4.69) is 0 Å². The second-order valence-electron chi connectivity index (χ2n) is 4.21. The number of rotatable bonds is 7. The third kappa shape index (κ3) is 5.09. The van der Waals surface area contributed by atoms with Gasteiger partial charge in [0.25, 0.3) is 0 Å². The van der Waals surface area contributed by atoms with E-state index in [1.54, 1.807) is 6.92 Å². The summed E-state index contributed by atoms with van der Waals surface area (Å²) in [4.78, 5) is 22.4. The van der Waals surface area contributed by atoms with E-state index in [1.807, 2.05) is 30.3 Å². The maximum absolute atomic E-state index is 11.8. The van der Waals surface area contributed by atoms with Gasteiger partial charge in [0.1, 0.15) is 0 Å². The number of carbonyl (C=O) groups excluding carboxylic acids is 1. The fraction of sp³-hybridized carbons (Fsp3) is 0.429. The smallest absolute Gasteiger partial charge is 0.311 e. The molecule has 2 N–H and O–H groups in total. The molecule has 0 spiro atoms. The Morgan fingerprint density at radius 3 is 2.42 bits per heavy atom. The van der Waals surface area contributed by atoms with E-state index < -0.39 is 30.4 Å². The highest BCUT2D eigenvalue weighted by atomic mass is 16.5. The molecule has 2 atom stereocenters. The van der Waals surface area contributed by atoms with Gasteiger partial charge in [-0.15, -0.1) is 0 Å². The molecule has 5 nitrogen and oxygen atoms in total. The van der Waals surface area contributed by atoms with Gasteiger partial charge in [0.15, 0.2) is 0 Å². The molecule has 0 aromatic heterocycles. The first-order chi connectivity index (χ1) is 9.04. The summed E-state index contributed by atoms with van der Waals surface area (Å²) >= 11 is 0. The zero-order valence-corrected chi connectivity index (χ0v) is 10.8. The van der Waals surface area contributed by atoms with Crippen LogP contribution in [0.3, 0.4) is 0 Å². The van der Waals surface area contributed by atoms with Gasteiger partial charge in [-0.25, -0.2) is 0 Å². The van der Waals surface area contributed by atoms with Crippen LogP contribution >= 0.6 is 0 Å². The molecule has 1 aromatic carbocycles. The molecule has 0 saturated carbocycles. The van der Waals surface area contributed by atoms with Crippen LogP contribution in [-0.4, -0.2) is 34.9 Å². The van der Waals surface area contributed by atoms with E-state index in [-0.39, 0.29) is 13.0 Å². The summed E-state index contributed by atoms with van der Waals surface area (Å²) in [5, 5.41) is 18.6. The first-order valence-corrected chi connectivity index (χ1v) is 6.15. The number of aliphatic carboxylic acids is 1. The number of benzene rings is 1. The van der Waals surface area contributed by atoms with Gasteiger partial charge in [-0.05, 0) is 18.9 Å². The molecule has 0 radical (unpaired) electrons. The van der Waals surface area contributed by atoms with Crippen molar-refractivity contribution in [3.8, 4) is 0 Å². The minimum atomic E-state index is -1.25. The highest BCUT2D eigenvalue weighted by Gasteiger charge is 2.29. The predicted molar refractivity (Wildman–Crippen MR) is 68.5 cm³/mol. The van der Waals surface area contributed by atoms with Crippen molar-refractivity contribution in [2.75, 3.05) is 6.61 Å². The number of ether oxygens (including phenoxy) is 1. The molecule has 104 valence electrons. The minimum absolute atomic E-state index is 0.198. The lowest BCUT2D eigenvalue weighted by Gasteiger charge is -2.20. The van der Waals surface area contributed by atoms with Crippen molar-refractivity contribution in [3.63, 3.8) is 0 Å². The number of carboxylic acid groups (broad SMARTS) is 1. The molecule has 0 bridgehead atoms. The van der Waals surface area contributed by atoms with Crippen molar-refractivity contribution in [1.29, 1.82) is 0 Å². The van der Waals surface area contributed by atoms with Crippen LogP contribution in [0.2, 0.25) is 0 Å². The molecule has 0 fully saturated rings. The summed E-state index contributed by atoms with van der Waals surface area (Å²) < 4.78 is 4.89. The number of carboxylic acids is 1. The number of aliphatic hydroxyl groups excluding tert-OH is 1. The van der Waals surface area contributed by atoms with Gasteiger partial charge < -0.3 is 14.9 Å². The third-order valence-corrected chi connectivity index (χ3v) is 2.74. The van der Waals surface area contributed by atoms with E-state index in [9.17, 15) is 14.7 Å². The lowest BCUT2D eigenvalue weighted by Crippen LogP contribution is -2.33. The van der Waals surface area contributed by atoms with Gasteiger partial charge in [0.05, 0.1) is 25.0 Å². The van der Waals surface area contributed by atoms with E-state index in [1.165, 1.54) is 0 Å². The molecule has 0 saturated heterocycles. The summed E-state index contributed by atoms with van der Waals surface area (Å²) in [6.45, 7) is 1.87. The first-order valence-electron chi connectivity index (χ1n) is 6.15. The second kappa shape index (κ2) is 7.53. The Kier molecular flexibility index (Phi) is 6.02. The van der Waals surface area contributed by atoms with E-state index >= 15 is 0 Å². The molecule has 0 aliphatic heterocycles. The van der Waals surface area contributed by atoms with Crippen molar-refractivity contribution < 1.29 is 24.5 Å². The van der Waals surface area contributed by atoms with Crippen molar-refractivity contribution in [3.05, 3.63) is 35.9 Å². The van der Waals surface area contributed by atoms with E-state index in [0.29, 0.717) is 0 Å². The molecular formula is C14H18O5. The third-order valence-electron chi connectivity index (χ3n) is 2.74. The fourth-order valence-corrected chi connectivity index (χ4v) is 1.81. The van der Waals surface area contributed by atoms with Crippen LogP contribution in [-0.2, 0) is 20.7 Å². The van der Waals surface area contributed by atoms with Crippen LogP contribution in [0.1, 0.15) is 18.9 Å². The van der Waals surface area contributed by atoms with Crippen LogP contribution in [0.15, 0.2) is 30.3 Å². The van der Waals surface area contributed by atoms with E-state index in [0.717, 1.165) is 5.56 Å². The van der Waals surface area contributed by atoms with Crippen molar-refractivity contribution in [2.24, 2.45) is 5.92 Å². The van der Waals surface area contributed by atoms with Gasteiger partial charge in [0.2, 0.25) is 0 Å². The zero-order valence-electron chi connectivity index (χ0n) is 10.8. The quantitative estimate of drug-likeness (QED) is 0.725. The topological polar surface area (TPSA) is 83.8 Å². The molecule has 19 heavy (non-hydrogen) atoms. The second-order valence-corrected chi connectivity index (χ2v) is 4.21. The average molecular weight is 266 g/mol. The Morgan fingerprint density at radius 2 is 1.89 bits per heavy atom. The summed E-state index contributed by atoms with van der Waals surface area (Å²) in [6.07, 6.45) is -1.47. The number of aliphatic hydroxyl groups is 1. The van der Waals surface area contributed by atoms with Crippen molar-refractivity contribution >= 4 is 11.9 Å². The van der Waals surface area contributed by atoms with Crippen LogP contribution in [0.4, 0.5) is 0 Å². The van der Waals surface area contributed by atoms with Gasteiger partial charge >= 0.3 is 11.9 Å². The normalized spacial score (nSPS) is 13.6. The highest BCUT2D eigenvalue weighted by molar-refractivity contribution is 5.75. The largest absolute Gasteiger partial charge is 0.481 e. The standard InChI is InChI=1S/C14H18O5/c1-2-19-14(18)11(12(15)9-13(16)17)8-10-6-4-3-5-7-10/h3-7,11-12,15H,2,8-9H2,1H3,(H,16,17). The molecular weight excluding hydrogens is 248 g/mol. The number of hydrogen-bond acceptors (Lipinski definition) is 4. The van der Waals surface area contributed by atoms with Crippen molar-refractivity contribution in [2.45, 2.75) is 25.9 Å². The predicted octanol–water partition coefficient (Wildman–Crippen LogP) is 1.24. The lowest BCUT2D eigenvalue weighted by atomic mass is 9.92. The zero-order chi connectivity index (χ0) is 14.3. The molecule has 0 aliphatic rings. The molecule has 1 aromatic rings. The fourth-order valence-electron chi connectivity index (χ4n) is 1.81. The Bertz CT molecular complexity index is 415. The number of carbonyl (C=O) groups is 2. The SMILES string of the molecule is CCOC(=O)C(Cc1ccccc1)C(O)CC(=O)O. The van der Waals surface area contributed by atoms with Gasteiger partial charge in [-0.2, -0.15) is 0 Å². The Labute approximate surface area is 111 Å². The van der Waals surface area contributed by atoms with Crippen LogP contribution < -0.4 is 0 Å². The minimum Gasteiger partial charge on any atom is -0.481 e. The maximum Gasteiger partial charge on any atom is 0.311 e. The molecule has 1 rings (SSSR count). The Balaban J connectivity index is 2.79. The van der Waals surface area contributed by atoms with Gasteiger partial charge in [-0.3, -0.25) is 9.59 Å². The van der Waals surface area contributed by atoms with Crippen LogP contribution in [0, 0.1) is 5.92 Å². The molecule has 2 unspecified atom stereocenters. The highest BCUT2D eigenvalue weighted by Crippen LogP contribution is 2.17. The number of esters is 1. The van der Waals surface area contributed by atoms with Gasteiger partial charge in [0, 0.05) is 0 Å². The average Bonchev–Trinajstić information content (AvgIpc) is 2.36. The maximum atomic E-state index is 11.8. The van der Waals surface area contributed by atoms with E-state index in [4.69, 9.17) is 9.84 Å². The van der Waals surface area contributed by atoms with Crippen molar-refractivity contribution in [1.82, 2.24) is 0 Å². The summed E-state index contributed by atoms with van der Waals surface area (Å²) in [6, 6.07) is 9.12. The number of hydrogen-bond donors (Lipinski definition) is 2. The molecule has 0 amide bonds. The van der Waals surface area contributed by atoms with Crippen LogP contribution in [0.25, 0.3) is 0 Å². The molecule has 5 heteroatoms. The Morgan fingerprint density at radius 1 is 1.26 bits per heavy atom. The lowest BCUT2D eigenvalue weighted by molar-refractivity contribution is -0.153. The summed E-state index contributed by atoms with van der Waals surface area (Å²) in [5.74, 6) is -2.58. The van der Waals surface area contributed by atoms with Crippen LogP contribution in [0.5, 0.6) is 0 Å². The Hall–Kier alpha value is -1.88. The summed E-state index contributed by atoms with van der Waals surface area (Å²) in [5.41, 5.74) is 0.852. The first kappa shape index (κ1) is 15.2. The van der Waals surface area contributed by atoms with Gasteiger partial charge in [-0.1, -0.05) is 30.3 Å². The molecule has 0 aliphatic carbocycles.